The van der Waals surface area contributed by atoms with E-state index in [-0.39, 0.29) is 0 Å². The molecule has 8 unspecified atom stereocenters. The van der Waals surface area contributed by atoms with E-state index in [0.29, 0.717) is 0 Å². The Balaban J connectivity index is 4.77. The van der Waals surface area contributed by atoms with E-state index in [4.69, 9.17) is 45.9 Å². The first kappa shape index (κ1) is 42.9. The highest BCUT2D eigenvalue weighted by atomic mass is 28.5. The zero-order chi connectivity index (χ0) is 32.2. The highest BCUT2D eigenvalue weighted by Gasteiger charge is 2.42. The van der Waals surface area contributed by atoms with Gasteiger partial charge in [0, 0.05) is 14.2 Å². The molecule has 0 aliphatic carbocycles. The molecule has 41 heavy (non-hydrogen) atoms. The van der Waals surface area contributed by atoms with Gasteiger partial charge in [0.05, 0.1) is 0 Å². The highest BCUT2D eigenvalue weighted by Crippen LogP contribution is 2.27. The fourth-order valence-electron chi connectivity index (χ4n) is 4.21. The molecule has 0 spiro atoms. The van der Waals surface area contributed by atoms with Gasteiger partial charge in [-0.05, 0) is 110 Å². The van der Waals surface area contributed by atoms with Gasteiger partial charge in [0.2, 0.25) is 0 Å². The molecule has 0 saturated heterocycles. The van der Waals surface area contributed by atoms with Crippen molar-refractivity contribution in [2.24, 2.45) is 0 Å². The van der Waals surface area contributed by atoms with Crippen LogP contribution >= 0.6 is 0 Å². The fraction of sp³-hybridized carbons (Fsp3) is 1.00. The molecule has 0 heterocycles. The maximum atomic E-state index is 6.65. The van der Waals surface area contributed by atoms with Crippen molar-refractivity contribution in [3.8, 4) is 0 Å². The number of hydrogen-bond donors (Lipinski definition) is 0. The third kappa shape index (κ3) is 22.2. The zero-order valence-electron chi connectivity index (χ0n) is 28.9. The molecule has 22 heteroatoms. The first-order chi connectivity index (χ1) is 18.5. The first-order valence-electron chi connectivity index (χ1n) is 14.6. The van der Waals surface area contributed by atoms with Crippen LogP contribution in [0.1, 0.15) is 0 Å². The third-order valence-corrected chi connectivity index (χ3v) is 40.2. The maximum absolute atomic E-state index is 6.65. The number of rotatable bonds is 23. The van der Waals surface area contributed by atoms with E-state index in [1.165, 1.54) is 0 Å². The van der Waals surface area contributed by atoms with Gasteiger partial charge < -0.3 is 45.9 Å². The molecule has 0 saturated carbocycles. The third-order valence-electron chi connectivity index (χ3n) is 5.65. The van der Waals surface area contributed by atoms with Gasteiger partial charge in [-0.15, -0.1) is 0 Å². The predicted molar refractivity (Wildman–Crippen MR) is 194 cm³/mol. The summed E-state index contributed by atoms with van der Waals surface area (Å²) in [6, 6.07) is 1.64. The van der Waals surface area contributed by atoms with Crippen molar-refractivity contribution in [2.75, 3.05) is 14.2 Å². The molecule has 0 N–H and O–H groups in total. The summed E-state index contributed by atoms with van der Waals surface area (Å²) in [6.07, 6.45) is 0. The zero-order valence-corrected chi connectivity index (χ0v) is 41.0. The lowest BCUT2D eigenvalue weighted by Crippen LogP contribution is -2.52. The second-order valence-corrected chi connectivity index (χ2v) is 44.5. The van der Waals surface area contributed by atoms with Gasteiger partial charge in [0.15, 0.2) is 16.6 Å². The van der Waals surface area contributed by atoms with Gasteiger partial charge in [-0.25, -0.2) is 0 Å². The van der Waals surface area contributed by atoms with Crippen LogP contribution in [0.3, 0.4) is 0 Å². The van der Waals surface area contributed by atoms with Gasteiger partial charge in [0.1, 0.15) is 0 Å². The monoisotopic (exact) mass is 774 g/mol. The van der Waals surface area contributed by atoms with E-state index < -0.39 is 98.7 Å². The van der Waals surface area contributed by atoms with Gasteiger partial charge in [-0.2, -0.15) is 0 Å². The molecule has 248 valence electrons. The molecule has 8 atom stereocenters. The van der Waals surface area contributed by atoms with Crippen molar-refractivity contribution in [3.05, 3.63) is 0 Å². The average molecular weight is 776 g/mol. The molecule has 0 fully saturated rings. The van der Waals surface area contributed by atoms with E-state index in [9.17, 15) is 0 Å². The van der Waals surface area contributed by atoms with Gasteiger partial charge in [0.25, 0.3) is 65.0 Å². The Bertz CT molecular complexity index is 717. The van der Waals surface area contributed by atoms with Gasteiger partial charge in [-0.1, -0.05) is 0 Å². The van der Waals surface area contributed by atoms with Crippen molar-refractivity contribution in [1.82, 2.24) is 0 Å². The summed E-state index contributed by atoms with van der Waals surface area (Å²) < 4.78 is 68.1. The van der Waals surface area contributed by atoms with Crippen LogP contribution in [0.25, 0.3) is 0 Å². The van der Waals surface area contributed by atoms with Crippen LogP contribution in [0.5, 0.6) is 0 Å². The minimum absolute atomic E-state index is 0.816. The van der Waals surface area contributed by atoms with Crippen molar-refractivity contribution in [2.45, 2.75) is 110 Å². The number of hydrogen-bond acceptors (Lipinski definition) is 11. The molecule has 0 amide bonds. The Morgan fingerprint density at radius 3 is 0.976 bits per heavy atom. The summed E-state index contributed by atoms with van der Waals surface area (Å²) in [6.45, 7) is 31.7. The summed E-state index contributed by atoms with van der Waals surface area (Å²) >= 11 is 0. The van der Waals surface area contributed by atoms with Crippen LogP contribution in [-0.2, 0) is 45.9 Å². The standard InChI is InChI=1S/C19H62O11Si11/c1-20-40(16,21-2)18-19-41(17,30-39(13,14)15)29-37(9)27-35(7)25-33(5)23-31(3)22-32(4)24-34(6)26-36(8)28-38(10,11)12/h31-37H,18-19H2,1-17H3. The predicted octanol–water partition coefficient (Wildman–Crippen LogP) is 3.19. The summed E-state index contributed by atoms with van der Waals surface area (Å²) in [5.41, 5.74) is 0. The van der Waals surface area contributed by atoms with Crippen LogP contribution < -0.4 is 0 Å². The molecule has 0 aromatic rings. The van der Waals surface area contributed by atoms with Crippen LogP contribution in [0.15, 0.2) is 0 Å². The molecule has 0 aliphatic heterocycles. The molecular weight excluding hydrogens is 713 g/mol. The normalized spacial score (nSPS) is 20.1. The van der Waals surface area contributed by atoms with Crippen molar-refractivity contribution >= 4 is 98.7 Å². The largest absolute Gasteiger partial charge is 0.439 e. The molecule has 0 rings (SSSR count). The van der Waals surface area contributed by atoms with Crippen LogP contribution in [0.4, 0.5) is 0 Å². The van der Waals surface area contributed by atoms with Crippen molar-refractivity contribution in [1.29, 1.82) is 0 Å². The molecule has 11 nitrogen and oxygen atoms in total. The SMILES string of the molecule is CO[Si](C)(CC[Si](C)(O[SiH](C)O[SiH](C)O[SiH](C)O[SiH](C)O[SiH](C)O[SiH](C)O[SiH](C)O[Si](C)(C)C)O[Si](C)(C)C)OC. The average Bonchev–Trinajstić information content (AvgIpc) is 2.73. The summed E-state index contributed by atoms with van der Waals surface area (Å²) in [4.78, 5) is 0. The quantitative estimate of drug-likeness (QED) is 0.143. The van der Waals surface area contributed by atoms with E-state index in [0.717, 1.165) is 12.1 Å². The van der Waals surface area contributed by atoms with Crippen LogP contribution in [-0.4, -0.2) is 113 Å². The fourth-order valence-corrected chi connectivity index (χ4v) is 40.5. The van der Waals surface area contributed by atoms with Gasteiger partial charge in [-0.3, -0.25) is 0 Å². The Morgan fingerprint density at radius 1 is 0.390 bits per heavy atom. The summed E-state index contributed by atoms with van der Waals surface area (Å²) in [5, 5.41) is 0. The Labute approximate surface area is 267 Å². The smallest absolute Gasteiger partial charge is 0.334 e. The van der Waals surface area contributed by atoms with Crippen molar-refractivity contribution in [3.63, 3.8) is 0 Å². The summed E-state index contributed by atoms with van der Waals surface area (Å²) in [7, 11) is -17.7. The second-order valence-electron chi connectivity index (χ2n) is 12.5. The maximum Gasteiger partial charge on any atom is 0.334 e. The molecule has 0 aromatic heterocycles. The Morgan fingerprint density at radius 2 is 0.683 bits per heavy atom. The molecule has 0 aromatic carbocycles. The Hall–Kier alpha value is 1.95. The lowest BCUT2D eigenvalue weighted by Gasteiger charge is -2.37. The van der Waals surface area contributed by atoms with E-state index in [1.807, 2.05) is 32.7 Å². The van der Waals surface area contributed by atoms with Crippen LogP contribution in [0.2, 0.25) is 110 Å². The van der Waals surface area contributed by atoms with E-state index in [1.54, 1.807) is 14.2 Å². The Kier molecular flexibility index (Phi) is 20.5. The molecule has 0 aliphatic rings. The van der Waals surface area contributed by atoms with Crippen LogP contribution in [0, 0.1) is 0 Å². The molecule has 0 radical (unpaired) electrons. The molecule has 0 bridgehead atoms. The lowest BCUT2D eigenvalue weighted by molar-refractivity contribution is 0.248. The minimum atomic E-state index is -2.49. The van der Waals surface area contributed by atoms with E-state index >= 15 is 0 Å². The minimum Gasteiger partial charge on any atom is -0.439 e. The van der Waals surface area contributed by atoms with Gasteiger partial charge >= 0.3 is 17.1 Å². The van der Waals surface area contributed by atoms with E-state index in [2.05, 4.69) is 65.5 Å². The molecular formula is C19H62O11Si11. The highest BCUT2D eigenvalue weighted by molar-refractivity contribution is 6.85. The first-order valence-corrected chi connectivity index (χ1v) is 41.1. The lowest BCUT2D eigenvalue weighted by atomic mass is 10.9. The van der Waals surface area contributed by atoms with Crippen molar-refractivity contribution < 1.29 is 45.9 Å². The second kappa shape index (κ2) is 19.6. The summed E-state index contributed by atoms with van der Waals surface area (Å²) in [5.74, 6) is 0. The topological polar surface area (TPSA) is 102 Å².